The highest BCUT2D eigenvalue weighted by molar-refractivity contribution is 7.90. The molecule has 26 heavy (non-hydrogen) atoms. The molecule has 0 radical (unpaired) electrons. The van der Waals surface area contributed by atoms with Crippen LogP contribution in [0.3, 0.4) is 0 Å². The van der Waals surface area contributed by atoms with Gasteiger partial charge in [-0.15, -0.1) is 0 Å². The van der Waals surface area contributed by atoms with Crippen molar-refractivity contribution in [2.45, 2.75) is 4.90 Å². The smallest absolute Gasteiger partial charge is 0.175 e. The minimum Gasteiger partial charge on any atom is -0.454 e. The Labute approximate surface area is 150 Å². The maximum atomic E-state index is 11.8. The second-order valence-corrected chi connectivity index (χ2v) is 7.97. The number of benzene rings is 1. The summed E-state index contributed by atoms with van der Waals surface area (Å²) in [6, 6.07) is 13.9. The predicted octanol–water partition coefficient (Wildman–Crippen LogP) is 3.54. The number of nitrogens with two attached hydrogens (primary N) is 1. The van der Waals surface area contributed by atoms with Gasteiger partial charge in [-0.2, -0.15) is 0 Å². The summed E-state index contributed by atoms with van der Waals surface area (Å²) in [5, 5.41) is 0. The molecule has 0 fully saturated rings. The predicted molar refractivity (Wildman–Crippen MR) is 100 cm³/mol. The zero-order chi connectivity index (χ0) is 18.3. The van der Waals surface area contributed by atoms with Crippen LogP contribution in [0.4, 0.5) is 5.82 Å². The van der Waals surface area contributed by atoms with E-state index in [4.69, 9.17) is 10.2 Å². The van der Waals surface area contributed by atoms with Crippen LogP contribution in [0.2, 0.25) is 0 Å². The molecule has 0 aliphatic carbocycles. The summed E-state index contributed by atoms with van der Waals surface area (Å²) in [5.74, 6) is 1.05. The number of nitrogen functional groups attached to an aromatic ring is 1. The molecule has 0 bridgehead atoms. The van der Waals surface area contributed by atoms with Gasteiger partial charge < -0.3 is 10.2 Å². The van der Waals surface area contributed by atoms with Crippen molar-refractivity contribution >= 4 is 26.8 Å². The summed E-state index contributed by atoms with van der Waals surface area (Å²) < 4.78 is 29.7. The first-order valence-electron chi connectivity index (χ1n) is 7.83. The molecule has 0 unspecified atom stereocenters. The van der Waals surface area contributed by atoms with Crippen molar-refractivity contribution in [2.24, 2.45) is 0 Å². The lowest BCUT2D eigenvalue weighted by atomic mass is 10.1. The Bertz CT molecular complexity index is 1210. The molecule has 3 aromatic heterocycles. The molecule has 0 aliphatic rings. The van der Waals surface area contributed by atoms with Gasteiger partial charge in [-0.05, 0) is 35.9 Å². The second kappa shape index (κ2) is 5.96. The quantitative estimate of drug-likeness (QED) is 0.596. The highest BCUT2D eigenvalue weighted by Crippen LogP contribution is 2.34. The van der Waals surface area contributed by atoms with Crippen molar-refractivity contribution in [1.29, 1.82) is 0 Å². The zero-order valence-electron chi connectivity index (χ0n) is 13.9. The number of furan rings is 1. The van der Waals surface area contributed by atoms with E-state index < -0.39 is 9.84 Å². The molecule has 0 saturated carbocycles. The number of anilines is 1. The van der Waals surface area contributed by atoms with Gasteiger partial charge in [0.05, 0.1) is 4.90 Å². The van der Waals surface area contributed by atoms with Crippen molar-refractivity contribution < 1.29 is 12.8 Å². The van der Waals surface area contributed by atoms with Gasteiger partial charge in [0.15, 0.2) is 15.4 Å². The summed E-state index contributed by atoms with van der Waals surface area (Å²) in [6.45, 7) is 0. The number of fused-ring (bicyclic) bond motifs is 1. The minimum absolute atomic E-state index is 0.259. The van der Waals surface area contributed by atoms with Gasteiger partial charge in [0.1, 0.15) is 17.1 Å². The third-order valence-corrected chi connectivity index (χ3v) is 5.17. The van der Waals surface area contributed by atoms with Gasteiger partial charge in [-0.3, -0.25) is 4.98 Å². The molecule has 2 N–H and O–H groups in total. The first-order valence-corrected chi connectivity index (χ1v) is 9.72. The second-order valence-electron chi connectivity index (χ2n) is 5.96. The molecule has 4 aromatic rings. The average Bonchev–Trinajstić information content (AvgIpc) is 3.06. The van der Waals surface area contributed by atoms with Crippen LogP contribution in [0.15, 0.2) is 70.2 Å². The van der Waals surface area contributed by atoms with E-state index in [2.05, 4.69) is 9.97 Å². The molecule has 0 spiro atoms. The number of nitrogens with zero attached hydrogens (tertiary/aromatic N) is 2. The molecular weight excluding hydrogens is 350 g/mol. The highest BCUT2D eigenvalue weighted by Gasteiger charge is 2.14. The lowest BCUT2D eigenvalue weighted by molar-refractivity contribution is 0.602. The Morgan fingerprint density at radius 1 is 1.00 bits per heavy atom. The van der Waals surface area contributed by atoms with Gasteiger partial charge in [-0.1, -0.05) is 12.1 Å². The lowest BCUT2D eigenvalue weighted by Gasteiger charge is -2.05. The van der Waals surface area contributed by atoms with Gasteiger partial charge in [0, 0.05) is 35.8 Å². The van der Waals surface area contributed by atoms with Crippen LogP contribution in [-0.2, 0) is 9.84 Å². The fourth-order valence-corrected chi connectivity index (χ4v) is 3.42. The van der Waals surface area contributed by atoms with E-state index in [0.29, 0.717) is 22.7 Å². The number of pyridine rings is 2. The maximum Gasteiger partial charge on any atom is 0.175 e. The molecule has 0 aliphatic heterocycles. The van der Waals surface area contributed by atoms with Crippen LogP contribution in [0.5, 0.6) is 0 Å². The topological polar surface area (TPSA) is 99.1 Å². The van der Waals surface area contributed by atoms with Gasteiger partial charge in [0.2, 0.25) is 0 Å². The number of sulfone groups is 1. The van der Waals surface area contributed by atoms with E-state index in [-0.39, 0.29) is 4.90 Å². The van der Waals surface area contributed by atoms with Crippen molar-refractivity contribution in [3.63, 3.8) is 0 Å². The first-order chi connectivity index (χ1) is 12.4. The van der Waals surface area contributed by atoms with Gasteiger partial charge in [-0.25, -0.2) is 13.4 Å². The lowest BCUT2D eigenvalue weighted by Crippen LogP contribution is -1.96. The van der Waals surface area contributed by atoms with Crippen molar-refractivity contribution in [3.05, 3.63) is 60.9 Å². The first kappa shape index (κ1) is 16.3. The summed E-state index contributed by atoms with van der Waals surface area (Å²) in [7, 11) is -3.29. The molecule has 4 rings (SSSR count). The SMILES string of the molecule is CS(=O)(=O)c1cccc(-c2ccnc3cc(-c4ccc(N)nc4)oc23)c1. The minimum atomic E-state index is -3.29. The fourth-order valence-electron chi connectivity index (χ4n) is 2.75. The molecule has 0 atom stereocenters. The summed E-state index contributed by atoms with van der Waals surface area (Å²) >= 11 is 0. The summed E-state index contributed by atoms with van der Waals surface area (Å²) in [4.78, 5) is 8.68. The van der Waals surface area contributed by atoms with Crippen LogP contribution >= 0.6 is 0 Å². The molecule has 6 nitrogen and oxygen atoms in total. The van der Waals surface area contributed by atoms with Crippen LogP contribution in [0, 0.1) is 0 Å². The molecule has 130 valence electrons. The summed E-state index contributed by atoms with van der Waals surface area (Å²) in [5.41, 5.74) is 9.20. The highest BCUT2D eigenvalue weighted by atomic mass is 32.2. The number of hydrogen-bond donors (Lipinski definition) is 1. The Balaban J connectivity index is 1.88. The van der Waals surface area contributed by atoms with E-state index >= 15 is 0 Å². The van der Waals surface area contributed by atoms with Crippen molar-refractivity contribution in [2.75, 3.05) is 12.0 Å². The fraction of sp³-hybridized carbons (Fsp3) is 0.0526. The van der Waals surface area contributed by atoms with Crippen LogP contribution < -0.4 is 5.73 Å². The van der Waals surface area contributed by atoms with Crippen LogP contribution in [0.1, 0.15) is 0 Å². The van der Waals surface area contributed by atoms with Crippen molar-refractivity contribution in [3.8, 4) is 22.5 Å². The van der Waals surface area contributed by atoms with E-state index in [1.54, 1.807) is 42.7 Å². The number of aromatic nitrogens is 2. The zero-order valence-corrected chi connectivity index (χ0v) is 14.7. The molecule has 3 heterocycles. The summed E-state index contributed by atoms with van der Waals surface area (Å²) in [6.07, 6.45) is 4.50. The largest absolute Gasteiger partial charge is 0.454 e. The van der Waals surface area contributed by atoms with E-state index in [0.717, 1.165) is 16.7 Å². The van der Waals surface area contributed by atoms with Gasteiger partial charge in [0.25, 0.3) is 0 Å². The van der Waals surface area contributed by atoms with E-state index in [1.165, 1.54) is 6.26 Å². The Hall–Kier alpha value is -3.19. The Morgan fingerprint density at radius 2 is 1.85 bits per heavy atom. The van der Waals surface area contributed by atoms with Crippen molar-refractivity contribution in [1.82, 2.24) is 9.97 Å². The third kappa shape index (κ3) is 2.93. The van der Waals surface area contributed by atoms with E-state index in [9.17, 15) is 8.42 Å². The molecule has 0 amide bonds. The number of hydrogen-bond acceptors (Lipinski definition) is 6. The van der Waals surface area contributed by atoms with Crippen LogP contribution in [-0.4, -0.2) is 24.6 Å². The molecule has 7 heteroatoms. The average molecular weight is 365 g/mol. The van der Waals surface area contributed by atoms with Crippen LogP contribution in [0.25, 0.3) is 33.6 Å². The third-order valence-electron chi connectivity index (χ3n) is 4.06. The Morgan fingerprint density at radius 3 is 2.58 bits per heavy atom. The maximum absolute atomic E-state index is 11.8. The Kier molecular flexibility index (Phi) is 3.73. The van der Waals surface area contributed by atoms with Gasteiger partial charge >= 0.3 is 0 Å². The molecule has 1 aromatic carbocycles. The molecule has 0 saturated heterocycles. The van der Waals surface area contributed by atoms with E-state index in [1.807, 2.05) is 18.2 Å². The normalized spacial score (nSPS) is 11.7. The molecular formula is C19H15N3O3S. The number of rotatable bonds is 3. The standard InChI is InChI=1S/C19H15N3O3S/c1-26(23,24)14-4-2-3-12(9-14)15-7-8-21-16-10-17(25-19(15)16)13-5-6-18(20)22-11-13/h2-11H,1H3,(H2,20,22). The monoisotopic (exact) mass is 365 g/mol.